The molecular weight excluding hydrogens is 267 g/mol. The molecule has 1 N–H and O–H groups in total. The van der Waals surface area contributed by atoms with Crippen LogP contribution in [0.5, 0.6) is 0 Å². The molecule has 0 saturated heterocycles. The zero-order valence-electron chi connectivity index (χ0n) is 8.92. The van der Waals surface area contributed by atoms with E-state index < -0.39 is 17.5 Å². The largest absolute Gasteiger partial charge is 0.364 e. The van der Waals surface area contributed by atoms with Crippen LogP contribution in [0, 0.1) is 17.5 Å². The average Bonchev–Trinajstić information content (AvgIpc) is 2.34. The number of hydrogen-bond donors (Lipinski definition) is 1. The molecule has 0 amide bonds. The molecule has 0 radical (unpaired) electrons. The van der Waals surface area contributed by atoms with Crippen LogP contribution in [0.2, 0.25) is 5.15 Å². The molecule has 1 aromatic heterocycles. The van der Waals surface area contributed by atoms with Crippen LogP contribution in [-0.4, -0.2) is 10.2 Å². The third-order valence-electron chi connectivity index (χ3n) is 2.16. The monoisotopic (exact) mass is 273 g/mol. The SMILES string of the molecule is Fc1cc(F)c(F)c(CNc2ccc(Cl)nn2)c1. The van der Waals surface area contributed by atoms with Crippen molar-refractivity contribution in [3.05, 3.63) is 52.4 Å². The van der Waals surface area contributed by atoms with Gasteiger partial charge in [0.05, 0.1) is 0 Å². The standard InChI is InChI=1S/C11H7ClF3N3/c12-9-1-2-10(18-17-9)16-5-6-3-7(13)4-8(14)11(6)15/h1-4H,5H2,(H,16,18). The number of nitrogens with zero attached hydrogens (tertiary/aromatic N) is 2. The van der Waals surface area contributed by atoms with Crippen molar-refractivity contribution in [1.82, 2.24) is 10.2 Å². The number of halogens is 4. The van der Waals surface area contributed by atoms with E-state index >= 15 is 0 Å². The molecule has 0 unspecified atom stereocenters. The predicted octanol–water partition coefficient (Wildman–Crippen LogP) is 3.16. The molecule has 0 aliphatic carbocycles. The topological polar surface area (TPSA) is 37.8 Å². The molecule has 0 aliphatic rings. The van der Waals surface area contributed by atoms with E-state index in [0.29, 0.717) is 11.9 Å². The van der Waals surface area contributed by atoms with Gasteiger partial charge in [0.1, 0.15) is 11.6 Å². The molecule has 0 saturated carbocycles. The molecule has 3 nitrogen and oxygen atoms in total. The number of rotatable bonds is 3. The normalized spacial score (nSPS) is 10.4. The zero-order valence-corrected chi connectivity index (χ0v) is 9.68. The highest BCUT2D eigenvalue weighted by atomic mass is 35.5. The van der Waals surface area contributed by atoms with Gasteiger partial charge in [0.25, 0.3) is 0 Å². The number of anilines is 1. The van der Waals surface area contributed by atoms with Crippen LogP contribution in [0.1, 0.15) is 5.56 Å². The number of aromatic nitrogens is 2. The van der Waals surface area contributed by atoms with Crippen molar-refractivity contribution >= 4 is 17.4 Å². The lowest BCUT2D eigenvalue weighted by atomic mass is 10.2. The van der Waals surface area contributed by atoms with Crippen molar-refractivity contribution in [2.45, 2.75) is 6.54 Å². The zero-order chi connectivity index (χ0) is 13.1. The number of hydrogen-bond acceptors (Lipinski definition) is 3. The summed E-state index contributed by atoms with van der Waals surface area (Å²) in [6.07, 6.45) is 0. The molecule has 7 heteroatoms. The first kappa shape index (κ1) is 12.6. The fourth-order valence-electron chi connectivity index (χ4n) is 1.33. The molecule has 0 aliphatic heterocycles. The van der Waals surface area contributed by atoms with Crippen LogP contribution in [-0.2, 0) is 6.54 Å². The maximum absolute atomic E-state index is 13.3. The fraction of sp³-hybridized carbons (Fsp3) is 0.0909. The third-order valence-corrected chi connectivity index (χ3v) is 2.36. The van der Waals surface area contributed by atoms with Gasteiger partial charge < -0.3 is 5.32 Å². The molecular formula is C11H7ClF3N3. The summed E-state index contributed by atoms with van der Waals surface area (Å²) in [6.45, 7) is -0.114. The summed E-state index contributed by atoms with van der Waals surface area (Å²) in [6, 6.07) is 4.40. The number of nitrogens with one attached hydrogen (secondary N) is 1. The predicted molar refractivity (Wildman–Crippen MR) is 60.7 cm³/mol. The summed E-state index contributed by atoms with van der Waals surface area (Å²) in [4.78, 5) is 0. The van der Waals surface area contributed by atoms with Crippen molar-refractivity contribution in [3.8, 4) is 0 Å². The molecule has 1 aromatic carbocycles. The van der Waals surface area contributed by atoms with Crippen LogP contribution < -0.4 is 5.32 Å². The van der Waals surface area contributed by atoms with E-state index in [0.717, 1.165) is 6.07 Å². The maximum Gasteiger partial charge on any atom is 0.164 e. The van der Waals surface area contributed by atoms with Crippen molar-refractivity contribution in [2.75, 3.05) is 5.32 Å². The lowest BCUT2D eigenvalue weighted by Gasteiger charge is -2.06. The molecule has 0 fully saturated rings. The first-order chi connectivity index (χ1) is 8.56. The summed E-state index contributed by atoms with van der Waals surface area (Å²) in [5, 5.41) is 10.1. The molecule has 0 spiro atoms. The van der Waals surface area contributed by atoms with Crippen LogP contribution in [0.25, 0.3) is 0 Å². The molecule has 2 rings (SSSR count). The van der Waals surface area contributed by atoms with Gasteiger partial charge in [0.15, 0.2) is 16.8 Å². The minimum absolute atomic E-state index is 0.114. The van der Waals surface area contributed by atoms with Gasteiger partial charge in [0.2, 0.25) is 0 Å². The van der Waals surface area contributed by atoms with E-state index in [1.807, 2.05) is 0 Å². The Morgan fingerprint density at radius 3 is 2.56 bits per heavy atom. The quantitative estimate of drug-likeness (QED) is 0.873. The van der Waals surface area contributed by atoms with Crippen LogP contribution >= 0.6 is 11.6 Å². The van der Waals surface area contributed by atoms with E-state index in [4.69, 9.17) is 11.6 Å². The highest BCUT2D eigenvalue weighted by Crippen LogP contribution is 2.15. The van der Waals surface area contributed by atoms with Crippen LogP contribution in [0.4, 0.5) is 19.0 Å². The molecule has 94 valence electrons. The average molecular weight is 274 g/mol. The van der Waals surface area contributed by atoms with E-state index in [2.05, 4.69) is 15.5 Å². The minimum atomic E-state index is -1.23. The molecule has 2 aromatic rings. The van der Waals surface area contributed by atoms with Gasteiger partial charge in [-0.3, -0.25) is 0 Å². The molecule has 0 atom stereocenters. The fourth-order valence-corrected chi connectivity index (χ4v) is 1.43. The lowest BCUT2D eigenvalue weighted by molar-refractivity contribution is 0.486. The van der Waals surface area contributed by atoms with Gasteiger partial charge in [-0.25, -0.2) is 13.2 Å². The second-order valence-electron chi connectivity index (χ2n) is 3.46. The van der Waals surface area contributed by atoms with Crippen LogP contribution in [0.15, 0.2) is 24.3 Å². The molecule has 18 heavy (non-hydrogen) atoms. The van der Waals surface area contributed by atoms with E-state index in [-0.39, 0.29) is 17.3 Å². The second-order valence-corrected chi connectivity index (χ2v) is 3.84. The van der Waals surface area contributed by atoms with Gasteiger partial charge in [-0.1, -0.05) is 11.6 Å². The summed E-state index contributed by atoms with van der Waals surface area (Å²) < 4.78 is 39.1. The smallest absolute Gasteiger partial charge is 0.164 e. The first-order valence-corrected chi connectivity index (χ1v) is 5.30. The first-order valence-electron chi connectivity index (χ1n) is 4.93. The van der Waals surface area contributed by atoms with E-state index in [9.17, 15) is 13.2 Å². The Kier molecular flexibility index (Phi) is 3.66. The Morgan fingerprint density at radius 1 is 1.11 bits per heavy atom. The van der Waals surface area contributed by atoms with Crippen molar-refractivity contribution in [1.29, 1.82) is 0 Å². The maximum atomic E-state index is 13.3. The van der Waals surface area contributed by atoms with Gasteiger partial charge in [-0.2, -0.15) is 0 Å². The molecule has 1 heterocycles. The van der Waals surface area contributed by atoms with E-state index in [1.165, 1.54) is 12.1 Å². The Bertz CT molecular complexity index is 560. The van der Waals surface area contributed by atoms with E-state index in [1.54, 1.807) is 0 Å². The highest BCUT2D eigenvalue weighted by Gasteiger charge is 2.10. The Balaban J connectivity index is 2.13. The number of benzene rings is 1. The van der Waals surface area contributed by atoms with Crippen molar-refractivity contribution < 1.29 is 13.2 Å². The molecule has 0 bridgehead atoms. The van der Waals surface area contributed by atoms with Gasteiger partial charge in [-0.15, -0.1) is 10.2 Å². The van der Waals surface area contributed by atoms with Gasteiger partial charge in [-0.05, 0) is 18.2 Å². The Labute approximate surface area is 106 Å². The third kappa shape index (κ3) is 2.89. The summed E-state index contributed by atoms with van der Waals surface area (Å²) in [5.74, 6) is -2.84. The van der Waals surface area contributed by atoms with Crippen LogP contribution in [0.3, 0.4) is 0 Å². The van der Waals surface area contributed by atoms with Gasteiger partial charge in [0, 0.05) is 18.2 Å². The lowest BCUT2D eigenvalue weighted by Crippen LogP contribution is -2.06. The Morgan fingerprint density at radius 2 is 1.89 bits per heavy atom. The van der Waals surface area contributed by atoms with Gasteiger partial charge >= 0.3 is 0 Å². The summed E-state index contributed by atoms with van der Waals surface area (Å²) in [5.41, 5.74) is -0.135. The van der Waals surface area contributed by atoms with Crippen molar-refractivity contribution in [3.63, 3.8) is 0 Å². The highest BCUT2D eigenvalue weighted by molar-refractivity contribution is 6.29. The Hall–Kier alpha value is -1.82. The second kappa shape index (κ2) is 5.22. The minimum Gasteiger partial charge on any atom is -0.364 e. The summed E-state index contributed by atoms with van der Waals surface area (Å²) >= 11 is 5.54. The van der Waals surface area contributed by atoms with Crippen molar-refractivity contribution in [2.24, 2.45) is 0 Å². The summed E-state index contributed by atoms with van der Waals surface area (Å²) in [7, 11) is 0.